The third-order valence-corrected chi connectivity index (χ3v) is 9.85. The van der Waals surface area contributed by atoms with Crippen LogP contribution in [0.5, 0.6) is 0 Å². The molecule has 0 aromatic rings. The highest BCUT2D eigenvalue weighted by molar-refractivity contribution is 5.26. The van der Waals surface area contributed by atoms with Crippen LogP contribution in [-0.2, 0) is 0 Å². The molecular formula is C27H44O. The van der Waals surface area contributed by atoms with Crippen LogP contribution in [0.4, 0.5) is 0 Å². The molecule has 0 bridgehead atoms. The van der Waals surface area contributed by atoms with Gasteiger partial charge in [0.15, 0.2) is 0 Å². The molecule has 3 fully saturated rings. The average molecular weight is 385 g/mol. The van der Waals surface area contributed by atoms with E-state index < -0.39 is 0 Å². The van der Waals surface area contributed by atoms with E-state index >= 15 is 0 Å². The first-order chi connectivity index (χ1) is 13.3. The lowest BCUT2D eigenvalue weighted by atomic mass is 9.47. The summed E-state index contributed by atoms with van der Waals surface area (Å²) < 4.78 is 0. The maximum Gasteiger partial charge on any atom is 0.0577 e. The normalized spacial score (nSPS) is 45.2. The van der Waals surface area contributed by atoms with Gasteiger partial charge in [0, 0.05) is 0 Å². The Morgan fingerprint density at radius 2 is 1.93 bits per heavy atom. The topological polar surface area (TPSA) is 20.2 Å². The average Bonchev–Trinajstić information content (AvgIpc) is 2.99. The van der Waals surface area contributed by atoms with Gasteiger partial charge >= 0.3 is 0 Å². The van der Waals surface area contributed by atoms with Crippen molar-refractivity contribution < 1.29 is 5.11 Å². The van der Waals surface area contributed by atoms with Crippen molar-refractivity contribution in [3.63, 3.8) is 0 Å². The van der Waals surface area contributed by atoms with Crippen LogP contribution in [0.2, 0.25) is 0 Å². The second kappa shape index (κ2) is 7.60. The number of hydrogen-bond acceptors (Lipinski definition) is 1. The Kier molecular flexibility index (Phi) is 5.62. The molecule has 1 N–H and O–H groups in total. The lowest BCUT2D eigenvalue weighted by Gasteiger charge is -2.58. The molecule has 7 atom stereocenters. The molecule has 0 saturated heterocycles. The maximum atomic E-state index is 10.2. The minimum absolute atomic E-state index is 0.0882. The molecule has 0 aromatic heterocycles. The number of aliphatic hydroxyl groups is 1. The van der Waals surface area contributed by atoms with Crippen LogP contribution < -0.4 is 0 Å². The molecule has 4 aliphatic rings. The Hall–Kier alpha value is -0.560. The maximum absolute atomic E-state index is 10.2. The van der Waals surface area contributed by atoms with Gasteiger partial charge in [-0.15, -0.1) is 0 Å². The molecule has 0 aromatic carbocycles. The van der Waals surface area contributed by atoms with E-state index in [9.17, 15) is 5.11 Å². The van der Waals surface area contributed by atoms with Crippen molar-refractivity contribution in [2.24, 2.45) is 40.4 Å². The molecule has 0 radical (unpaired) electrons. The number of rotatable bonds is 5. The third-order valence-electron chi connectivity index (χ3n) is 9.85. The molecule has 4 aliphatic carbocycles. The summed E-state index contributed by atoms with van der Waals surface area (Å²) in [6.07, 6.45) is 16.4. The molecule has 28 heavy (non-hydrogen) atoms. The number of allylic oxidation sites excluding steroid dienone is 2. The first-order valence-corrected chi connectivity index (χ1v) is 12.3. The monoisotopic (exact) mass is 384 g/mol. The summed E-state index contributed by atoms with van der Waals surface area (Å²) in [6, 6.07) is 0. The summed E-state index contributed by atoms with van der Waals surface area (Å²) in [6.45, 7) is 14.5. The van der Waals surface area contributed by atoms with Gasteiger partial charge in [0.2, 0.25) is 0 Å². The van der Waals surface area contributed by atoms with E-state index in [-0.39, 0.29) is 6.10 Å². The third kappa shape index (κ3) is 3.34. The molecule has 0 unspecified atom stereocenters. The van der Waals surface area contributed by atoms with E-state index in [2.05, 4.69) is 40.3 Å². The van der Waals surface area contributed by atoms with Crippen LogP contribution in [0.3, 0.4) is 0 Å². The summed E-state index contributed by atoms with van der Waals surface area (Å²) in [5.41, 5.74) is 4.04. The summed E-state index contributed by atoms with van der Waals surface area (Å²) >= 11 is 0. The molecule has 0 heterocycles. The van der Waals surface area contributed by atoms with Gasteiger partial charge in [-0.1, -0.05) is 57.9 Å². The zero-order valence-corrected chi connectivity index (χ0v) is 19.0. The molecular weight excluding hydrogens is 340 g/mol. The van der Waals surface area contributed by atoms with Crippen molar-refractivity contribution in [1.82, 2.24) is 0 Å². The molecule has 1 heteroatoms. The van der Waals surface area contributed by atoms with Crippen molar-refractivity contribution >= 4 is 0 Å². The van der Waals surface area contributed by atoms with Crippen molar-refractivity contribution in [1.29, 1.82) is 0 Å². The van der Waals surface area contributed by atoms with E-state index in [4.69, 9.17) is 0 Å². The number of fused-ring (bicyclic) bond motifs is 5. The van der Waals surface area contributed by atoms with Crippen LogP contribution in [0.15, 0.2) is 23.8 Å². The summed E-state index contributed by atoms with van der Waals surface area (Å²) in [5, 5.41) is 10.2. The lowest BCUT2D eigenvalue weighted by molar-refractivity contribution is -0.0456. The molecule has 0 amide bonds. The smallest absolute Gasteiger partial charge is 0.0577 e. The van der Waals surface area contributed by atoms with E-state index in [1.807, 2.05) is 0 Å². The van der Waals surface area contributed by atoms with E-state index in [1.165, 1.54) is 57.8 Å². The molecule has 3 saturated carbocycles. The first kappa shape index (κ1) is 20.7. The Morgan fingerprint density at radius 3 is 2.68 bits per heavy atom. The molecule has 0 spiro atoms. The minimum atomic E-state index is -0.0882. The molecule has 1 nitrogen and oxygen atoms in total. The SMILES string of the molecule is C=C(CCCC(C)C)[C@H]1CC[C@H]2[C@@H]3CC=C4C[C@@H](O)CC[C@]4(C)[C@H]3CC[C@]12C. The zero-order chi connectivity index (χ0) is 20.1. The van der Waals surface area contributed by atoms with Crippen LogP contribution in [0.1, 0.15) is 98.3 Å². The highest BCUT2D eigenvalue weighted by atomic mass is 16.3. The number of hydrogen-bond donors (Lipinski definition) is 1. The van der Waals surface area contributed by atoms with E-state index in [1.54, 1.807) is 11.1 Å². The van der Waals surface area contributed by atoms with Gasteiger partial charge in [-0.25, -0.2) is 0 Å². The predicted molar refractivity (Wildman–Crippen MR) is 119 cm³/mol. The Morgan fingerprint density at radius 1 is 1.14 bits per heavy atom. The quantitative estimate of drug-likeness (QED) is 0.493. The summed E-state index contributed by atoms with van der Waals surface area (Å²) in [4.78, 5) is 0. The second-order valence-electron chi connectivity index (χ2n) is 11.8. The molecule has 4 rings (SSSR count). The largest absolute Gasteiger partial charge is 0.393 e. The highest BCUT2D eigenvalue weighted by Gasteiger charge is 2.58. The minimum Gasteiger partial charge on any atom is -0.393 e. The van der Waals surface area contributed by atoms with Crippen LogP contribution in [0, 0.1) is 40.4 Å². The van der Waals surface area contributed by atoms with Crippen molar-refractivity contribution in [3.05, 3.63) is 23.8 Å². The van der Waals surface area contributed by atoms with Crippen molar-refractivity contribution in [2.75, 3.05) is 0 Å². The summed E-state index contributed by atoms with van der Waals surface area (Å²) in [7, 11) is 0. The van der Waals surface area contributed by atoms with Crippen molar-refractivity contribution in [3.8, 4) is 0 Å². The van der Waals surface area contributed by atoms with Gasteiger partial charge < -0.3 is 5.11 Å². The Balaban J connectivity index is 1.50. The van der Waals surface area contributed by atoms with E-state index in [0.717, 1.165) is 42.4 Å². The van der Waals surface area contributed by atoms with Gasteiger partial charge in [-0.3, -0.25) is 0 Å². The Labute approximate surface area is 174 Å². The number of aliphatic hydroxyl groups excluding tert-OH is 1. The Bertz CT molecular complexity index is 630. The lowest BCUT2D eigenvalue weighted by Crippen LogP contribution is -2.50. The highest BCUT2D eigenvalue weighted by Crippen LogP contribution is 2.67. The fraction of sp³-hybridized carbons (Fsp3) is 0.852. The molecule has 158 valence electrons. The molecule has 0 aliphatic heterocycles. The van der Waals surface area contributed by atoms with Crippen LogP contribution >= 0.6 is 0 Å². The van der Waals surface area contributed by atoms with Gasteiger partial charge in [0.1, 0.15) is 0 Å². The van der Waals surface area contributed by atoms with Gasteiger partial charge in [0.05, 0.1) is 6.10 Å². The van der Waals surface area contributed by atoms with Gasteiger partial charge in [0.25, 0.3) is 0 Å². The zero-order valence-electron chi connectivity index (χ0n) is 19.0. The second-order valence-corrected chi connectivity index (χ2v) is 11.8. The van der Waals surface area contributed by atoms with Crippen molar-refractivity contribution in [2.45, 2.75) is 104 Å². The van der Waals surface area contributed by atoms with Crippen LogP contribution in [0.25, 0.3) is 0 Å². The van der Waals surface area contributed by atoms with Crippen LogP contribution in [-0.4, -0.2) is 11.2 Å². The first-order valence-electron chi connectivity index (χ1n) is 12.3. The fourth-order valence-electron chi connectivity index (χ4n) is 8.22. The van der Waals surface area contributed by atoms with Gasteiger partial charge in [-0.2, -0.15) is 0 Å². The standard InChI is InChI=1S/C27H44O/c1-18(2)7-6-8-19(3)23-11-12-24-22-10-9-20-17-21(28)13-15-26(20,4)25(22)14-16-27(23,24)5/h9,18,21-25,28H,3,6-8,10-17H2,1-2,4-5H3/t21-,22-,23+,24-,25-,26-,27+/m0/s1. The van der Waals surface area contributed by atoms with Gasteiger partial charge in [-0.05, 0) is 105 Å². The van der Waals surface area contributed by atoms with E-state index in [0.29, 0.717) is 10.8 Å². The summed E-state index contributed by atoms with van der Waals surface area (Å²) in [5.74, 6) is 4.19. The fourth-order valence-corrected chi connectivity index (χ4v) is 8.22. The predicted octanol–water partition coefficient (Wildman–Crippen LogP) is 7.31.